The van der Waals surface area contributed by atoms with E-state index in [9.17, 15) is 9.59 Å². The van der Waals surface area contributed by atoms with Crippen LogP contribution < -0.4 is 9.64 Å². The van der Waals surface area contributed by atoms with Crippen molar-refractivity contribution in [1.82, 2.24) is 4.98 Å². The van der Waals surface area contributed by atoms with Crippen molar-refractivity contribution in [1.29, 1.82) is 0 Å². The van der Waals surface area contributed by atoms with Crippen LogP contribution in [0.2, 0.25) is 0 Å². The summed E-state index contributed by atoms with van der Waals surface area (Å²) in [5, 5.41) is 0. The molecule has 7 nitrogen and oxygen atoms in total. The Bertz CT molecular complexity index is 718. The molecule has 0 atom stereocenters. The molecule has 2 aromatic rings. The van der Waals surface area contributed by atoms with Crippen LogP contribution in [0.1, 0.15) is 5.56 Å². The van der Waals surface area contributed by atoms with Crippen LogP contribution >= 0.6 is 0 Å². The zero-order chi connectivity index (χ0) is 19.6. The number of esters is 2. The van der Waals surface area contributed by atoms with E-state index in [-0.39, 0.29) is 6.42 Å². The van der Waals surface area contributed by atoms with Gasteiger partial charge in [0.05, 0.1) is 20.8 Å². The van der Waals surface area contributed by atoms with Crippen LogP contribution in [0.25, 0.3) is 0 Å². The molecule has 0 N–H and O–H groups in total. The first kappa shape index (κ1) is 20.2. The number of benzene rings is 1. The summed E-state index contributed by atoms with van der Waals surface area (Å²) in [5.41, 5.74) is 0.814. The summed E-state index contributed by atoms with van der Waals surface area (Å²) in [7, 11) is 4.45. The molecule has 7 heteroatoms. The molecule has 0 aliphatic rings. The second-order valence-electron chi connectivity index (χ2n) is 5.90. The first-order valence-electron chi connectivity index (χ1n) is 8.54. The molecule has 0 unspecified atom stereocenters. The highest BCUT2D eigenvalue weighted by molar-refractivity contribution is 5.95. The maximum atomic E-state index is 11.7. The van der Waals surface area contributed by atoms with Crippen molar-refractivity contribution in [2.24, 2.45) is 5.92 Å². The number of rotatable bonds is 9. The van der Waals surface area contributed by atoms with Crippen LogP contribution in [0.15, 0.2) is 48.7 Å². The quantitative estimate of drug-likeness (QED) is 0.493. The lowest BCUT2D eigenvalue weighted by molar-refractivity contribution is -0.158. The SMILES string of the molecule is COC(=O)C(Cc1ccc(OCCN(C)c2ccccn2)cc1)C(=O)OC. The fourth-order valence-corrected chi connectivity index (χ4v) is 2.50. The van der Waals surface area contributed by atoms with Gasteiger partial charge in [-0.15, -0.1) is 0 Å². The van der Waals surface area contributed by atoms with Crippen LogP contribution in [-0.4, -0.2) is 51.3 Å². The minimum Gasteiger partial charge on any atom is -0.492 e. The lowest BCUT2D eigenvalue weighted by atomic mass is 9.99. The van der Waals surface area contributed by atoms with Crippen LogP contribution in [0.5, 0.6) is 5.75 Å². The molecule has 0 fully saturated rings. The third kappa shape index (κ3) is 5.99. The maximum Gasteiger partial charge on any atom is 0.320 e. The average Bonchev–Trinajstić information content (AvgIpc) is 2.72. The van der Waals surface area contributed by atoms with E-state index < -0.39 is 17.9 Å². The molecule has 0 aliphatic carbocycles. The number of aromatic nitrogens is 1. The van der Waals surface area contributed by atoms with Crippen LogP contribution in [0, 0.1) is 5.92 Å². The van der Waals surface area contributed by atoms with Gasteiger partial charge in [0.15, 0.2) is 5.92 Å². The van der Waals surface area contributed by atoms with E-state index in [2.05, 4.69) is 14.5 Å². The van der Waals surface area contributed by atoms with Gasteiger partial charge in [-0.3, -0.25) is 9.59 Å². The summed E-state index contributed by atoms with van der Waals surface area (Å²) < 4.78 is 15.1. The number of likely N-dealkylation sites (N-methyl/N-ethyl adjacent to an activating group) is 1. The highest BCUT2D eigenvalue weighted by Gasteiger charge is 2.28. The highest BCUT2D eigenvalue weighted by Crippen LogP contribution is 2.17. The summed E-state index contributed by atoms with van der Waals surface area (Å²) in [4.78, 5) is 29.8. The fraction of sp³-hybridized carbons (Fsp3) is 0.350. The van der Waals surface area contributed by atoms with E-state index in [1.807, 2.05) is 54.4 Å². The maximum absolute atomic E-state index is 11.7. The molecular formula is C20H24N2O5. The number of ether oxygens (including phenoxy) is 3. The first-order chi connectivity index (χ1) is 13.0. The standard InChI is InChI=1S/C20H24N2O5/c1-22(18-6-4-5-11-21-18)12-13-27-16-9-7-15(8-10-16)14-17(19(23)25-2)20(24)26-3/h4-11,17H,12-14H2,1-3H3. The number of hydrogen-bond acceptors (Lipinski definition) is 7. The van der Waals surface area contributed by atoms with Gasteiger partial charge in [0.25, 0.3) is 0 Å². The van der Waals surface area contributed by atoms with E-state index in [4.69, 9.17) is 4.74 Å². The summed E-state index contributed by atoms with van der Waals surface area (Å²) in [6.45, 7) is 1.19. The zero-order valence-corrected chi connectivity index (χ0v) is 15.8. The Labute approximate surface area is 158 Å². The Morgan fingerprint density at radius 3 is 2.26 bits per heavy atom. The summed E-state index contributed by atoms with van der Waals surface area (Å²) in [5.74, 6) is -0.604. The predicted octanol–water partition coefficient (Wildman–Crippen LogP) is 2.10. The van der Waals surface area contributed by atoms with E-state index in [1.165, 1.54) is 14.2 Å². The Balaban J connectivity index is 1.87. The van der Waals surface area contributed by atoms with Crippen molar-refractivity contribution in [3.05, 3.63) is 54.2 Å². The molecule has 1 heterocycles. The summed E-state index contributed by atoms with van der Waals surface area (Å²) in [6, 6.07) is 13.0. The van der Waals surface area contributed by atoms with Gasteiger partial charge in [0, 0.05) is 13.2 Å². The van der Waals surface area contributed by atoms with Crippen molar-refractivity contribution in [3.8, 4) is 5.75 Å². The Kier molecular flexibility index (Phi) is 7.61. The molecular weight excluding hydrogens is 348 g/mol. The molecule has 0 spiro atoms. The monoisotopic (exact) mass is 372 g/mol. The molecule has 144 valence electrons. The summed E-state index contributed by atoms with van der Waals surface area (Å²) in [6.07, 6.45) is 1.96. The van der Waals surface area contributed by atoms with Gasteiger partial charge in [0.2, 0.25) is 0 Å². The van der Waals surface area contributed by atoms with Gasteiger partial charge in [-0.2, -0.15) is 0 Å². The number of anilines is 1. The number of nitrogens with zero attached hydrogens (tertiary/aromatic N) is 2. The smallest absolute Gasteiger partial charge is 0.320 e. The third-order valence-corrected chi connectivity index (χ3v) is 4.07. The van der Waals surface area contributed by atoms with Crippen molar-refractivity contribution in [3.63, 3.8) is 0 Å². The molecule has 2 rings (SSSR count). The topological polar surface area (TPSA) is 78.0 Å². The van der Waals surface area contributed by atoms with Gasteiger partial charge in [-0.25, -0.2) is 4.98 Å². The van der Waals surface area contributed by atoms with Gasteiger partial charge in [-0.1, -0.05) is 18.2 Å². The number of hydrogen-bond donors (Lipinski definition) is 0. The van der Waals surface area contributed by atoms with Gasteiger partial charge < -0.3 is 19.1 Å². The molecule has 1 aromatic carbocycles. The second-order valence-corrected chi connectivity index (χ2v) is 5.90. The normalized spacial score (nSPS) is 10.4. The highest BCUT2D eigenvalue weighted by atomic mass is 16.5. The van der Waals surface area contributed by atoms with Crippen LogP contribution in [0.3, 0.4) is 0 Å². The number of carbonyl (C=O) groups excluding carboxylic acids is 2. The van der Waals surface area contributed by atoms with Gasteiger partial charge in [0.1, 0.15) is 18.2 Å². The molecule has 0 saturated carbocycles. The molecule has 27 heavy (non-hydrogen) atoms. The molecule has 0 amide bonds. The van der Waals surface area contributed by atoms with Crippen LogP contribution in [-0.2, 0) is 25.5 Å². The van der Waals surface area contributed by atoms with Crippen molar-refractivity contribution >= 4 is 17.8 Å². The molecule has 0 radical (unpaired) electrons. The number of pyridine rings is 1. The number of methoxy groups -OCH3 is 2. The van der Waals surface area contributed by atoms with E-state index in [0.717, 1.165) is 11.4 Å². The fourth-order valence-electron chi connectivity index (χ4n) is 2.50. The third-order valence-electron chi connectivity index (χ3n) is 4.07. The van der Waals surface area contributed by atoms with Crippen LogP contribution in [0.4, 0.5) is 5.82 Å². The minimum absolute atomic E-state index is 0.210. The lowest BCUT2D eigenvalue weighted by Crippen LogP contribution is -2.28. The number of carbonyl (C=O) groups is 2. The van der Waals surface area contributed by atoms with E-state index in [0.29, 0.717) is 18.9 Å². The Hall–Kier alpha value is -3.09. The molecule has 0 bridgehead atoms. The largest absolute Gasteiger partial charge is 0.492 e. The first-order valence-corrected chi connectivity index (χ1v) is 8.54. The Morgan fingerprint density at radius 2 is 1.70 bits per heavy atom. The van der Waals surface area contributed by atoms with E-state index >= 15 is 0 Å². The van der Waals surface area contributed by atoms with Gasteiger partial charge in [-0.05, 0) is 36.2 Å². The van der Waals surface area contributed by atoms with E-state index in [1.54, 1.807) is 6.20 Å². The molecule has 0 saturated heterocycles. The summed E-state index contributed by atoms with van der Waals surface area (Å²) >= 11 is 0. The van der Waals surface area contributed by atoms with Crippen molar-refractivity contribution < 1.29 is 23.8 Å². The predicted molar refractivity (Wildman–Crippen MR) is 101 cm³/mol. The lowest BCUT2D eigenvalue weighted by Gasteiger charge is -2.18. The van der Waals surface area contributed by atoms with Crippen molar-refractivity contribution in [2.75, 3.05) is 39.3 Å². The van der Waals surface area contributed by atoms with Crippen molar-refractivity contribution in [2.45, 2.75) is 6.42 Å². The average molecular weight is 372 g/mol. The molecule has 0 aliphatic heterocycles. The second kappa shape index (κ2) is 10.2. The van der Waals surface area contributed by atoms with Gasteiger partial charge >= 0.3 is 11.9 Å². The minimum atomic E-state index is -0.973. The molecule has 1 aromatic heterocycles. The zero-order valence-electron chi connectivity index (χ0n) is 15.8. The Morgan fingerprint density at radius 1 is 1.04 bits per heavy atom.